The number of nitrogens with one attached hydrogen (secondary N) is 1. The Bertz CT molecular complexity index is 287. The number of ether oxygens (including phenoxy) is 2. The molecule has 0 bridgehead atoms. The molecule has 2 heterocycles. The summed E-state index contributed by atoms with van der Waals surface area (Å²) in [6, 6.07) is 0. The average molecular weight is 269 g/mol. The Hall–Kier alpha value is -0.610. The van der Waals surface area contributed by atoms with Gasteiger partial charge in [0, 0.05) is 38.7 Å². The zero-order chi connectivity index (χ0) is 13.7. The highest BCUT2D eigenvalue weighted by molar-refractivity contribution is 5.75. The zero-order valence-electron chi connectivity index (χ0n) is 12.2. The molecule has 0 saturated carbocycles. The molecule has 0 aliphatic carbocycles. The lowest BCUT2D eigenvalue weighted by molar-refractivity contribution is -0.121. The van der Waals surface area contributed by atoms with Crippen LogP contribution >= 0.6 is 0 Å². The van der Waals surface area contributed by atoms with E-state index in [4.69, 9.17) is 9.47 Å². The summed E-state index contributed by atoms with van der Waals surface area (Å²) in [5.41, 5.74) is 0. The van der Waals surface area contributed by atoms with Crippen molar-refractivity contribution in [3.8, 4) is 0 Å². The van der Waals surface area contributed by atoms with Crippen molar-refractivity contribution in [3.63, 3.8) is 0 Å². The van der Waals surface area contributed by atoms with Crippen LogP contribution in [0, 0.1) is 17.8 Å². The second-order valence-corrected chi connectivity index (χ2v) is 6.20. The van der Waals surface area contributed by atoms with E-state index in [-0.39, 0.29) is 5.91 Å². The van der Waals surface area contributed by atoms with E-state index in [0.29, 0.717) is 30.3 Å². The Morgan fingerprint density at radius 2 is 2.16 bits per heavy atom. The van der Waals surface area contributed by atoms with Gasteiger partial charge in [-0.25, -0.2) is 0 Å². The standard InChI is InChI=1S/C15H27NO3/c1-11(2)15-13(6-8-19-15)9-16-14(17)4-3-12-5-7-18-10-12/h11-13,15H,3-10H2,1-2H3,(H,16,17)/t12-,13+,15+/m0/s1. The minimum Gasteiger partial charge on any atom is -0.381 e. The molecule has 0 radical (unpaired) electrons. The van der Waals surface area contributed by atoms with Crippen molar-refractivity contribution >= 4 is 5.91 Å². The average Bonchev–Trinajstić information content (AvgIpc) is 3.04. The van der Waals surface area contributed by atoms with Gasteiger partial charge < -0.3 is 14.8 Å². The predicted octanol–water partition coefficient (Wildman–Crippen LogP) is 1.98. The van der Waals surface area contributed by atoms with Gasteiger partial charge in [0.15, 0.2) is 0 Å². The van der Waals surface area contributed by atoms with Gasteiger partial charge in [0.2, 0.25) is 5.91 Å². The molecule has 0 spiro atoms. The third kappa shape index (κ3) is 4.46. The van der Waals surface area contributed by atoms with Crippen molar-refractivity contribution in [1.29, 1.82) is 0 Å². The zero-order valence-corrected chi connectivity index (χ0v) is 12.2. The van der Waals surface area contributed by atoms with E-state index in [1.165, 1.54) is 0 Å². The molecule has 4 heteroatoms. The number of amides is 1. The summed E-state index contributed by atoms with van der Waals surface area (Å²) in [5.74, 6) is 1.78. The molecule has 2 fully saturated rings. The van der Waals surface area contributed by atoms with Gasteiger partial charge in [-0.3, -0.25) is 4.79 Å². The monoisotopic (exact) mass is 269 g/mol. The third-order valence-corrected chi connectivity index (χ3v) is 4.29. The quantitative estimate of drug-likeness (QED) is 0.802. The normalized spacial score (nSPS) is 31.0. The van der Waals surface area contributed by atoms with E-state index in [1.54, 1.807) is 0 Å². The minimum atomic E-state index is 0.182. The second-order valence-electron chi connectivity index (χ2n) is 6.20. The molecule has 3 atom stereocenters. The first kappa shape index (κ1) is 14.8. The van der Waals surface area contributed by atoms with E-state index < -0.39 is 0 Å². The lowest BCUT2D eigenvalue weighted by Crippen LogP contribution is -2.35. The van der Waals surface area contributed by atoms with Gasteiger partial charge in [-0.15, -0.1) is 0 Å². The summed E-state index contributed by atoms with van der Waals surface area (Å²) in [4.78, 5) is 11.8. The second kappa shape index (κ2) is 7.25. The fourth-order valence-corrected chi connectivity index (χ4v) is 3.09. The highest BCUT2D eigenvalue weighted by Gasteiger charge is 2.30. The van der Waals surface area contributed by atoms with Crippen molar-refractivity contribution in [2.45, 2.75) is 45.6 Å². The molecule has 2 aliphatic rings. The Labute approximate surface area is 116 Å². The van der Waals surface area contributed by atoms with Crippen LogP contribution in [0.4, 0.5) is 0 Å². The fourth-order valence-electron chi connectivity index (χ4n) is 3.09. The van der Waals surface area contributed by atoms with Crippen LogP contribution in [-0.2, 0) is 14.3 Å². The van der Waals surface area contributed by atoms with Crippen LogP contribution in [0.5, 0.6) is 0 Å². The van der Waals surface area contributed by atoms with Crippen molar-refractivity contribution in [2.24, 2.45) is 17.8 Å². The molecule has 0 aromatic heterocycles. The lowest BCUT2D eigenvalue weighted by Gasteiger charge is -2.22. The lowest BCUT2D eigenvalue weighted by atomic mass is 9.93. The maximum absolute atomic E-state index is 11.8. The number of hydrogen-bond acceptors (Lipinski definition) is 3. The van der Waals surface area contributed by atoms with Crippen molar-refractivity contribution in [2.75, 3.05) is 26.4 Å². The van der Waals surface area contributed by atoms with Gasteiger partial charge in [0.1, 0.15) is 0 Å². The van der Waals surface area contributed by atoms with Crippen LogP contribution in [-0.4, -0.2) is 38.4 Å². The van der Waals surface area contributed by atoms with Gasteiger partial charge in [-0.2, -0.15) is 0 Å². The summed E-state index contributed by atoms with van der Waals surface area (Å²) in [5, 5.41) is 3.07. The number of carbonyl (C=O) groups is 1. The Morgan fingerprint density at radius 3 is 2.84 bits per heavy atom. The summed E-state index contributed by atoms with van der Waals surface area (Å²) in [6.45, 7) is 7.67. The van der Waals surface area contributed by atoms with Gasteiger partial charge in [0.25, 0.3) is 0 Å². The molecule has 1 amide bonds. The molecule has 1 N–H and O–H groups in total. The van der Waals surface area contributed by atoms with E-state index in [1.807, 2.05) is 0 Å². The van der Waals surface area contributed by atoms with Crippen molar-refractivity contribution < 1.29 is 14.3 Å². The molecule has 110 valence electrons. The van der Waals surface area contributed by atoms with E-state index >= 15 is 0 Å². The minimum absolute atomic E-state index is 0.182. The highest BCUT2D eigenvalue weighted by atomic mass is 16.5. The van der Waals surface area contributed by atoms with Crippen molar-refractivity contribution in [1.82, 2.24) is 5.32 Å². The maximum Gasteiger partial charge on any atom is 0.220 e. The number of carbonyl (C=O) groups excluding carboxylic acids is 1. The molecular weight excluding hydrogens is 242 g/mol. The SMILES string of the molecule is CC(C)[C@H]1OCC[C@@H]1CNC(=O)CC[C@H]1CCOC1. The van der Waals surface area contributed by atoms with Gasteiger partial charge in [-0.1, -0.05) is 13.8 Å². The Kier molecular flexibility index (Phi) is 5.64. The van der Waals surface area contributed by atoms with Gasteiger partial charge >= 0.3 is 0 Å². The van der Waals surface area contributed by atoms with Crippen LogP contribution < -0.4 is 5.32 Å². The molecule has 2 saturated heterocycles. The number of rotatable bonds is 6. The molecule has 2 aliphatic heterocycles. The van der Waals surface area contributed by atoms with Crippen molar-refractivity contribution in [3.05, 3.63) is 0 Å². The smallest absolute Gasteiger partial charge is 0.220 e. The van der Waals surface area contributed by atoms with Crippen LogP contribution in [0.25, 0.3) is 0 Å². The van der Waals surface area contributed by atoms with E-state index in [0.717, 1.165) is 45.6 Å². The summed E-state index contributed by atoms with van der Waals surface area (Å²) in [7, 11) is 0. The van der Waals surface area contributed by atoms with Crippen LogP contribution in [0.1, 0.15) is 39.5 Å². The summed E-state index contributed by atoms with van der Waals surface area (Å²) in [6.07, 6.45) is 4.08. The van der Waals surface area contributed by atoms with Gasteiger partial charge in [0.05, 0.1) is 6.10 Å². The molecule has 4 nitrogen and oxygen atoms in total. The summed E-state index contributed by atoms with van der Waals surface area (Å²) < 4.78 is 11.1. The first-order valence-electron chi connectivity index (χ1n) is 7.63. The topological polar surface area (TPSA) is 47.6 Å². The maximum atomic E-state index is 11.8. The molecule has 0 unspecified atom stereocenters. The van der Waals surface area contributed by atoms with Gasteiger partial charge in [-0.05, 0) is 31.1 Å². The molecule has 0 aromatic carbocycles. The molecule has 0 aromatic rings. The Balaban J connectivity index is 1.62. The number of hydrogen-bond donors (Lipinski definition) is 1. The first-order valence-corrected chi connectivity index (χ1v) is 7.63. The molecule has 19 heavy (non-hydrogen) atoms. The summed E-state index contributed by atoms with van der Waals surface area (Å²) >= 11 is 0. The first-order chi connectivity index (χ1) is 9.16. The third-order valence-electron chi connectivity index (χ3n) is 4.29. The highest BCUT2D eigenvalue weighted by Crippen LogP contribution is 2.26. The van der Waals surface area contributed by atoms with E-state index in [9.17, 15) is 4.79 Å². The molecule has 2 rings (SSSR count). The Morgan fingerprint density at radius 1 is 1.32 bits per heavy atom. The fraction of sp³-hybridized carbons (Fsp3) is 0.933. The van der Waals surface area contributed by atoms with E-state index in [2.05, 4.69) is 19.2 Å². The van der Waals surface area contributed by atoms with Crippen LogP contribution in [0.15, 0.2) is 0 Å². The van der Waals surface area contributed by atoms with Crippen LogP contribution in [0.2, 0.25) is 0 Å². The largest absolute Gasteiger partial charge is 0.381 e. The molecular formula is C15H27NO3. The predicted molar refractivity (Wildman–Crippen MR) is 73.9 cm³/mol. The van der Waals surface area contributed by atoms with Crippen LogP contribution in [0.3, 0.4) is 0 Å².